The zero-order valence-corrected chi connectivity index (χ0v) is 10.3. The molecule has 0 atom stereocenters. The molecule has 0 saturated heterocycles. The number of Topliss-reactive ketones (excluding diaryl/α,β-unsaturated/α-hetero) is 1. The second-order valence-corrected chi connectivity index (χ2v) is 4.27. The number of ketones is 1. The number of nitrogens with one attached hydrogen (secondary N) is 2. The Morgan fingerprint density at radius 2 is 2.21 bits per heavy atom. The molecule has 2 aromatic rings. The van der Waals surface area contributed by atoms with Crippen molar-refractivity contribution >= 4 is 22.7 Å². The first-order valence-electron chi connectivity index (χ1n) is 6.05. The fraction of sp³-hybridized carbons (Fsp3) is 0.308. The Hall–Kier alpha value is -2.21. The number of fused-ring (bicyclic) bond motifs is 1. The normalized spacial score (nSPS) is 10.7. The third-order valence-corrected chi connectivity index (χ3v) is 2.79. The van der Waals surface area contributed by atoms with E-state index < -0.39 is 5.97 Å². The molecule has 1 aromatic heterocycles. The van der Waals surface area contributed by atoms with Gasteiger partial charge in [0.25, 0.3) is 0 Å². The first kappa shape index (κ1) is 13.2. The van der Waals surface area contributed by atoms with Crippen molar-refractivity contribution in [3.05, 3.63) is 30.0 Å². The molecule has 0 bridgehead atoms. The number of hydrogen-bond donors (Lipinski definition) is 3. The van der Waals surface area contributed by atoms with E-state index in [0.29, 0.717) is 18.5 Å². The average Bonchev–Trinajstić information content (AvgIpc) is 2.84. The Bertz CT molecular complexity index is 592. The SMILES string of the molecule is O=C(O)CCCNCC(=O)c1ccc2[nH]ncc2c1. The molecule has 1 aromatic carbocycles. The lowest BCUT2D eigenvalue weighted by Crippen LogP contribution is -2.24. The lowest BCUT2D eigenvalue weighted by molar-refractivity contribution is -0.137. The maximum absolute atomic E-state index is 11.9. The number of carboxylic acids is 1. The molecule has 0 aliphatic carbocycles. The van der Waals surface area contributed by atoms with Crippen molar-refractivity contribution in [1.29, 1.82) is 0 Å². The van der Waals surface area contributed by atoms with E-state index in [-0.39, 0.29) is 18.7 Å². The zero-order chi connectivity index (χ0) is 13.7. The molecule has 0 amide bonds. The molecule has 3 N–H and O–H groups in total. The Kier molecular flexibility index (Phi) is 4.25. The van der Waals surface area contributed by atoms with Gasteiger partial charge in [0.2, 0.25) is 0 Å². The Labute approximate surface area is 109 Å². The summed E-state index contributed by atoms with van der Waals surface area (Å²) in [5.41, 5.74) is 1.52. The van der Waals surface area contributed by atoms with Gasteiger partial charge in [-0.05, 0) is 31.2 Å². The molecule has 100 valence electrons. The molecule has 6 heteroatoms. The number of aliphatic carboxylic acids is 1. The van der Waals surface area contributed by atoms with Crippen LogP contribution in [0.15, 0.2) is 24.4 Å². The molecule has 0 aliphatic rings. The third kappa shape index (κ3) is 3.62. The number of nitrogens with zero attached hydrogens (tertiary/aromatic N) is 1. The molecule has 6 nitrogen and oxygen atoms in total. The number of carboxylic acid groups (broad SMARTS) is 1. The van der Waals surface area contributed by atoms with Crippen molar-refractivity contribution < 1.29 is 14.7 Å². The number of H-pyrrole nitrogens is 1. The number of carbonyl (C=O) groups excluding carboxylic acids is 1. The predicted octanol–water partition coefficient (Wildman–Crippen LogP) is 1.20. The lowest BCUT2D eigenvalue weighted by atomic mass is 10.1. The van der Waals surface area contributed by atoms with Crippen LogP contribution in [0.25, 0.3) is 10.9 Å². The standard InChI is InChI=1S/C13H15N3O3/c17-12(8-14-5-1-2-13(18)19)9-3-4-11-10(6-9)7-15-16-11/h3-4,6-7,14H,1-2,5,8H2,(H,15,16)(H,18,19). The van der Waals surface area contributed by atoms with Crippen LogP contribution >= 0.6 is 0 Å². The van der Waals surface area contributed by atoms with Crippen molar-refractivity contribution in [2.45, 2.75) is 12.8 Å². The molecule has 0 spiro atoms. The maximum atomic E-state index is 11.9. The van der Waals surface area contributed by atoms with Gasteiger partial charge in [-0.15, -0.1) is 0 Å². The minimum absolute atomic E-state index is 0.0153. The summed E-state index contributed by atoms with van der Waals surface area (Å²) in [5.74, 6) is -0.836. The lowest BCUT2D eigenvalue weighted by Gasteiger charge is -2.03. The highest BCUT2D eigenvalue weighted by Crippen LogP contribution is 2.13. The van der Waals surface area contributed by atoms with E-state index in [1.54, 1.807) is 18.3 Å². The van der Waals surface area contributed by atoms with E-state index >= 15 is 0 Å². The highest BCUT2D eigenvalue weighted by Gasteiger charge is 2.07. The second kappa shape index (κ2) is 6.10. The fourth-order valence-electron chi connectivity index (χ4n) is 1.78. The highest BCUT2D eigenvalue weighted by molar-refractivity contribution is 6.00. The van der Waals surface area contributed by atoms with E-state index in [0.717, 1.165) is 10.9 Å². The van der Waals surface area contributed by atoms with Gasteiger partial charge in [-0.25, -0.2) is 0 Å². The number of benzene rings is 1. The van der Waals surface area contributed by atoms with Gasteiger partial charge >= 0.3 is 5.97 Å². The molecule has 0 fully saturated rings. The summed E-state index contributed by atoms with van der Waals surface area (Å²) in [6.07, 6.45) is 2.30. The molecule has 0 aliphatic heterocycles. The quantitative estimate of drug-likeness (QED) is 0.514. The summed E-state index contributed by atoms with van der Waals surface area (Å²) in [6.45, 7) is 0.731. The van der Waals surface area contributed by atoms with Crippen LogP contribution in [0.5, 0.6) is 0 Å². The van der Waals surface area contributed by atoms with Crippen LogP contribution in [-0.2, 0) is 4.79 Å². The van der Waals surface area contributed by atoms with Crippen LogP contribution in [-0.4, -0.2) is 40.1 Å². The van der Waals surface area contributed by atoms with Gasteiger partial charge in [-0.3, -0.25) is 14.7 Å². The third-order valence-electron chi connectivity index (χ3n) is 2.79. The average molecular weight is 261 g/mol. The molecule has 19 heavy (non-hydrogen) atoms. The first-order chi connectivity index (χ1) is 9.16. The fourth-order valence-corrected chi connectivity index (χ4v) is 1.78. The van der Waals surface area contributed by atoms with Crippen LogP contribution in [0, 0.1) is 0 Å². The van der Waals surface area contributed by atoms with Crippen molar-refractivity contribution in [1.82, 2.24) is 15.5 Å². The van der Waals surface area contributed by atoms with E-state index in [1.165, 1.54) is 0 Å². The number of carbonyl (C=O) groups is 2. The van der Waals surface area contributed by atoms with E-state index in [1.807, 2.05) is 6.07 Å². The molecule has 0 saturated carbocycles. The molecule has 0 unspecified atom stereocenters. The Balaban J connectivity index is 1.84. The zero-order valence-electron chi connectivity index (χ0n) is 10.3. The van der Waals surface area contributed by atoms with Crippen LogP contribution < -0.4 is 5.32 Å². The van der Waals surface area contributed by atoms with E-state index in [2.05, 4.69) is 15.5 Å². The molecular formula is C13H15N3O3. The summed E-state index contributed by atoms with van der Waals surface area (Å²) in [6, 6.07) is 5.36. The number of aromatic amines is 1. The van der Waals surface area contributed by atoms with Crippen LogP contribution in [0.1, 0.15) is 23.2 Å². The van der Waals surface area contributed by atoms with Gasteiger partial charge in [0.15, 0.2) is 5.78 Å². The van der Waals surface area contributed by atoms with Crippen LogP contribution in [0.2, 0.25) is 0 Å². The minimum atomic E-state index is -0.821. The number of aromatic nitrogens is 2. The summed E-state index contributed by atoms with van der Waals surface area (Å²) in [4.78, 5) is 22.2. The second-order valence-electron chi connectivity index (χ2n) is 4.27. The summed E-state index contributed by atoms with van der Waals surface area (Å²) in [7, 11) is 0. The van der Waals surface area contributed by atoms with Gasteiger partial charge in [-0.2, -0.15) is 5.10 Å². The smallest absolute Gasteiger partial charge is 0.303 e. The van der Waals surface area contributed by atoms with Crippen molar-refractivity contribution in [2.75, 3.05) is 13.1 Å². The van der Waals surface area contributed by atoms with Crippen LogP contribution in [0.3, 0.4) is 0 Å². The summed E-state index contributed by atoms with van der Waals surface area (Å²) >= 11 is 0. The summed E-state index contributed by atoms with van der Waals surface area (Å²) < 4.78 is 0. The van der Waals surface area contributed by atoms with Gasteiger partial charge in [0, 0.05) is 17.4 Å². The summed E-state index contributed by atoms with van der Waals surface area (Å²) in [5, 5.41) is 19.0. The molecule has 1 heterocycles. The first-order valence-corrected chi connectivity index (χ1v) is 6.05. The van der Waals surface area contributed by atoms with E-state index in [9.17, 15) is 9.59 Å². The van der Waals surface area contributed by atoms with Gasteiger partial charge < -0.3 is 10.4 Å². The van der Waals surface area contributed by atoms with Gasteiger partial charge in [0.1, 0.15) is 0 Å². The monoisotopic (exact) mass is 261 g/mol. The van der Waals surface area contributed by atoms with Crippen LogP contribution in [0.4, 0.5) is 0 Å². The molecule has 2 rings (SSSR count). The van der Waals surface area contributed by atoms with Gasteiger partial charge in [0.05, 0.1) is 18.3 Å². The van der Waals surface area contributed by atoms with Crippen molar-refractivity contribution in [2.24, 2.45) is 0 Å². The number of rotatable bonds is 7. The van der Waals surface area contributed by atoms with Gasteiger partial charge in [-0.1, -0.05) is 0 Å². The molecular weight excluding hydrogens is 246 g/mol. The van der Waals surface area contributed by atoms with Crippen molar-refractivity contribution in [3.63, 3.8) is 0 Å². The number of hydrogen-bond acceptors (Lipinski definition) is 4. The topological polar surface area (TPSA) is 95.1 Å². The minimum Gasteiger partial charge on any atom is -0.481 e. The van der Waals surface area contributed by atoms with Crippen molar-refractivity contribution in [3.8, 4) is 0 Å². The predicted molar refractivity (Wildman–Crippen MR) is 70.2 cm³/mol. The Morgan fingerprint density at radius 3 is 3.00 bits per heavy atom. The Morgan fingerprint density at radius 1 is 1.37 bits per heavy atom. The highest BCUT2D eigenvalue weighted by atomic mass is 16.4. The largest absolute Gasteiger partial charge is 0.481 e. The van der Waals surface area contributed by atoms with E-state index in [4.69, 9.17) is 5.11 Å². The molecule has 0 radical (unpaired) electrons. The maximum Gasteiger partial charge on any atom is 0.303 e.